The molecule has 2 aliphatic rings. The van der Waals surface area contributed by atoms with Gasteiger partial charge in [-0.05, 0) is 47.5 Å². The first-order valence-electron chi connectivity index (χ1n) is 13.8. The van der Waals surface area contributed by atoms with Crippen molar-refractivity contribution in [1.29, 1.82) is 0 Å². The fourth-order valence-corrected chi connectivity index (χ4v) is 6.62. The highest BCUT2D eigenvalue weighted by Crippen LogP contribution is 2.44. The zero-order valence-electron chi connectivity index (χ0n) is 23.3. The predicted octanol–water partition coefficient (Wildman–Crippen LogP) is 6.57. The highest BCUT2D eigenvalue weighted by Gasteiger charge is 2.39. The summed E-state index contributed by atoms with van der Waals surface area (Å²) >= 11 is 1.68. The third-order valence-corrected chi connectivity index (χ3v) is 8.96. The second kappa shape index (κ2) is 12.1. The number of rotatable bonds is 8. The van der Waals surface area contributed by atoms with E-state index in [4.69, 9.17) is 14.2 Å². The number of hydrogen-bond acceptors (Lipinski definition) is 7. The molecule has 42 heavy (non-hydrogen) atoms. The van der Waals surface area contributed by atoms with Crippen LogP contribution in [0.15, 0.2) is 102 Å². The van der Waals surface area contributed by atoms with Crippen molar-refractivity contribution in [3.8, 4) is 5.75 Å². The molecule has 7 nitrogen and oxygen atoms in total. The second-order valence-electron chi connectivity index (χ2n) is 10.4. The number of aliphatic hydroxyl groups excluding tert-OH is 1. The number of thioether (sulfide) groups is 1. The number of methoxy groups -OCH3 is 1. The zero-order chi connectivity index (χ0) is 29.2. The van der Waals surface area contributed by atoms with E-state index in [0.717, 1.165) is 27.3 Å². The van der Waals surface area contributed by atoms with E-state index in [0.29, 0.717) is 22.6 Å². The molecule has 0 aromatic heterocycles. The van der Waals surface area contributed by atoms with E-state index >= 15 is 0 Å². The maximum atomic E-state index is 13.0. The molecule has 0 unspecified atom stereocenters. The molecule has 2 amide bonds. The highest BCUT2D eigenvalue weighted by molar-refractivity contribution is 7.99. The Labute approximate surface area is 249 Å². The lowest BCUT2D eigenvalue weighted by atomic mass is 9.91. The van der Waals surface area contributed by atoms with Gasteiger partial charge in [-0.3, -0.25) is 9.59 Å². The van der Waals surface area contributed by atoms with Gasteiger partial charge in [0, 0.05) is 22.1 Å². The van der Waals surface area contributed by atoms with Crippen LogP contribution in [0.5, 0.6) is 5.75 Å². The number of ether oxygens (including phenoxy) is 3. The van der Waals surface area contributed by atoms with Gasteiger partial charge >= 0.3 is 0 Å². The van der Waals surface area contributed by atoms with E-state index in [2.05, 4.69) is 6.92 Å². The van der Waals surface area contributed by atoms with Gasteiger partial charge in [0.2, 0.25) is 0 Å². The lowest BCUT2D eigenvalue weighted by molar-refractivity contribution is -0.268. The van der Waals surface area contributed by atoms with Gasteiger partial charge in [0.1, 0.15) is 5.75 Å². The van der Waals surface area contributed by atoms with E-state index in [-0.39, 0.29) is 36.5 Å². The molecule has 4 aromatic rings. The van der Waals surface area contributed by atoms with Crippen LogP contribution >= 0.6 is 11.8 Å². The minimum Gasteiger partial charge on any atom is -0.496 e. The van der Waals surface area contributed by atoms with Gasteiger partial charge in [-0.1, -0.05) is 67.6 Å². The van der Waals surface area contributed by atoms with Gasteiger partial charge in [0.25, 0.3) is 11.8 Å². The van der Waals surface area contributed by atoms with E-state index in [9.17, 15) is 14.7 Å². The standard InChI is InChI=1S/C34H31NO6S/c1-21-29(20-42-30-10-6-5-9-28(30)39-2)40-34(41-31(21)23-13-11-22(19-36)12-14-23)24-15-17-25(18-16-24)35-32(37)26-7-3-4-8-27(26)33(35)38/h3-18,21,29,31,34,36H,19-20H2,1-2H3/t21-,29+,31+,34+/m0/s1. The molecule has 0 spiro atoms. The lowest BCUT2D eigenvalue weighted by Gasteiger charge is -2.41. The Hall–Kier alpha value is -3.95. The number of amides is 2. The van der Waals surface area contributed by atoms with Crippen molar-refractivity contribution >= 4 is 29.3 Å². The molecule has 2 heterocycles. The summed E-state index contributed by atoms with van der Waals surface area (Å²) in [6.45, 7) is 2.10. The van der Waals surface area contributed by atoms with Crippen molar-refractivity contribution in [2.75, 3.05) is 17.8 Å². The number of benzene rings is 4. The summed E-state index contributed by atoms with van der Waals surface area (Å²) in [6.07, 6.45) is -1.07. The number of fused-ring (bicyclic) bond motifs is 1. The van der Waals surface area contributed by atoms with Crippen molar-refractivity contribution in [3.63, 3.8) is 0 Å². The maximum absolute atomic E-state index is 13.0. The Morgan fingerprint density at radius 2 is 1.43 bits per heavy atom. The van der Waals surface area contributed by atoms with Crippen molar-refractivity contribution < 1.29 is 28.9 Å². The fraction of sp³-hybridized carbons (Fsp3) is 0.235. The number of carbonyl (C=O) groups excluding carboxylic acids is 2. The number of imide groups is 1. The first-order valence-corrected chi connectivity index (χ1v) is 14.8. The minimum atomic E-state index is -0.664. The average Bonchev–Trinajstić information content (AvgIpc) is 3.30. The summed E-state index contributed by atoms with van der Waals surface area (Å²) in [6, 6.07) is 29.8. The molecular formula is C34H31NO6S. The van der Waals surface area contributed by atoms with E-state index in [1.807, 2.05) is 60.7 Å². The lowest BCUT2D eigenvalue weighted by Crippen LogP contribution is -2.38. The molecule has 214 valence electrons. The van der Waals surface area contributed by atoms with Gasteiger partial charge in [-0.2, -0.15) is 0 Å². The minimum absolute atomic E-state index is 0.0231. The summed E-state index contributed by atoms with van der Waals surface area (Å²) in [5.41, 5.74) is 3.93. The summed E-state index contributed by atoms with van der Waals surface area (Å²) in [5, 5.41) is 9.52. The monoisotopic (exact) mass is 581 g/mol. The van der Waals surface area contributed by atoms with Crippen LogP contribution in [0.2, 0.25) is 0 Å². The van der Waals surface area contributed by atoms with E-state index in [1.165, 1.54) is 4.90 Å². The SMILES string of the molecule is COc1ccccc1SC[C@H]1O[C@@H](c2ccc(N3C(=O)c4ccccc4C3=O)cc2)O[C@@H](c2ccc(CO)cc2)[C@H]1C. The summed E-state index contributed by atoms with van der Waals surface area (Å²) < 4.78 is 18.7. The van der Waals surface area contributed by atoms with Gasteiger partial charge < -0.3 is 19.3 Å². The average molecular weight is 582 g/mol. The summed E-state index contributed by atoms with van der Waals surface area (Å²) in [7, 11) is 1.67. The molecule has 0 bridgehead atoms. The van der Waals surface area contributed by atoms with Gasteiger partial charge in [-0.15, -0.1) is 11.8 Å². The Balaban J connectivity index is 1.26. The molecule has 2 aliphatic heterocycles. The van der Waals surface area contributed by atoms with Crippen LogP contribution < -0.4 is 9.64 Å². The third kappa shape index (κ3) is 5.34. The second-order valence-corrected chi connectivity index (χ2v) is 11.4. The fourth-order valence-electron chi connectivity index (χ4n) is 5.42. The van der Waals surface area contributed by atoms with E-state index < -0.39 is 6.29 Å². The van der Waals surface area contributed by atoms with Crippen LogP contribution in [0, 0.1) is 5.92 Å². The number of anilines is 1. The molecule has 1 saturated heterocycles. The van der Waals surface area contributed by atoms with Gasteiger partial charge in [0.15, 0.2) is 6.29 Å². The molecule has 0 radical (unpaired) electrons. The van der Waals surface area contributed by atoms with Gasteiger partial charge in [0.05, 0.1) is 42.7 Å². The van der Waals surface area contributed by atoms with Crippen molar-refractivity contribution in [2.24, 2.45) is 5.92 Å². The van der Waals surface area contributed by atoms with Gasteiger partial charge in [-0.25, -0.2) is 4.90 Å². The topological polar surface area (TPSA) is 85.3 Å². The number of nitrogens with zero attached hydrogens (tertiary/aromatic N) is 1. The number of carbonyl (C=O) groups is 2. The van der Waals surface area contributed by atoms with Crippen LogP contribution in [0.3, 0.4) is 0 Å². The Bertz CT molecular complexity index is 1550. The van der Waals surface area contributed by atoms with E-state index in [1.54, 1.807) is 55.3 Å². The van der Waals surface area contributed by atoms with Crippen molar-refractivity contribution in [3.05, 3.63) is 125 Å². The van der Waals surface area contributed by atoms with Crippen LogP contribution in [0.4, 0.5) is 5.69 Å². The summed E-state index contributed by atoms with van der Waals surface area (Å²) in [4.78, 5) is 28.2. The first-order chi connectivity index (χ1) is 20.5. The van der Waals surface area contributed by atoms with Crippen molar-refractivity contribution in [2.45, 2.75) is 36.9 Å². The Morgan fingerprint density at radius 3 is 2.07 bits per heavy atom. The van der Waals surface area contributed by atoms with Crippen LogP contribution in [0.1, 0.15) is 56.7 Å². The molecule has 1 N–H and O–H groups in total. The molecule has 6 rings (SSSR count). The number of aliphatic hydroxyl groups is 1. The van der Waals surface area contributed by atoms with Crippen LogP contribution in [-0.4, -0.2) is 35.9 Å². The number of hydrogen-bond donors (Lipinski definition) is 1. The largest absolute Gasteiger partial charge is 0.496 e. The zero-order valence-corrected chi connectivity index (χ0v) is 24.1. The quantitative estimate of drug-likeness (QED) is 0.186. The molecule has 0 saturated carbocycles. The molecule has 8 heteroatoms. The summed E-state index contributed by atoms with van der Waals surface area (Å²) in [5.74, 6) is 0.865. The maximum Gasteiger partial charge on any atom is 0.266 e. The van der Waals surface area contributed by atoms with Crippen molar-refractivity contribution in [1.82, 2.24) is 0 Å². The Morgan fingerprint density at radius 1 is 0.810 bits per heavy atom. The molecule has 4 atom stereocenters. The smallest absolute Gasteiger partial charge is 0.266 e. The van der Waals surface area contributed by atoms with Crippen LogP contribution in [-0.2, 0) is 16.1 Å². The third-order valence-electron chi connectivity index (χ3n) is 7.81. The highest BCUT2D eigenvalue weighted by atomic mass is 32.2. The molecule has 4 aromatic carbocycles. The van der Waals surface area contributed by atoms with Crippen LogP contribution in [0.25, 0.3) is 0 Å². The first kappa shape index (κ1) is 28.2. The predicted molar refractivity (Wildman–Crippen MR) is 161 cm³/mol. The normalized spacial score (nSPS) is 21.8. The Kier molecular flexibility index (Phi) is 8.13. The number of para-hydroxylation sites is 1. The molecule has 1 fully saturated rings. The molecule has 0 aliphatic carbocycles. The molecular weight excluding hydrogens is 550 g/mol.